The van der Waals surface area contributed by atoms with Gasteiger partial charge in [-0.1, -0.05) is 6.07 Å². The summed E-state index contributed by atoms with van der Waals surface area (Å²) in [7, 11) is -7.92. The molecule has 0 aliphatic carbocycles. The highest BCUT2D eigenvalue weighted by atomic mass is 32.2. The molecule has 10 heteroatoms. The van der Waals surface area contributed by atoms with Crippen LogP contribution in [0.25, 0.3) is 0 Å². The minimum absolute atomic E-state index is 0.00457. The van der Waals surface area contributed by atoms with Gasteiger partial charge < -0.3 is 4.74 Å². The molecule has 1 heterocycles. The maximum atomic E-state index is 13.2. The van der Waals surface area contributed by atoms with Gasteiger partial charge >= 0.3 is 0 Å². The van der Waals surface area contributed by atoms with Crippen molar-refractivity contribution < 1.29 is 26.0 Å². The van der Waals surface area contributed by atoms with Gasteiger partial charge in [-0.15, -0.1) is 11.3 Å². The zero-order chi connectivity index (χ0) is 21.8. The van der Waals surface area contributed by atoms with Gasteiger partial charge in [0.25, 0.3) is 0 Å². The van der Waals surface area contributed by atoms with E-state index in [0.717, 1.165) is 12.1 Å². The molecule has 0 radical (unpaired) electrons. The van der Waals surface area contributed by atoms with Crippen molar-refractivity contribution in [3.05, 3.63) is 76.7 Å². The molecule has 1 N–H and O–H groups in total. The lowest BCUT2D eigenvalue weighted by Gasteiger charge is -2.18. The van der Waals surface area contributed by atoms with Crippen molar-refractivity contribution >= 4 is 31.2 Å². The summed E-state index contributed by atoms with van der Waals surface area (Å²) in [4.78, 5) is 0.395. The van der Waals surface area contributed by atoms with E-state index in [9.17, 15) is 21.2 Å². The molecule has 0 saturated heterocycles. The second-order valence-electron chi connectivity index (χ2n) is 6.26. The molecule has 0 bridgehead atoms. The van der Waals surface area contributed by atoms with Crippen molar-refractivity contribution in [3.8, 4) is 5.75 Å². The van der Waals surface area contributed by atoms with Crippen LogP contribution in [0.5, 0.6) is 5.75 Å². The second kappa shape index (κ2) is 9.25. The number of benzene rings is 2. The van der Waals surface area contributed by atoms with E-state index in [1.807, 2.05) is 6.92 Å². The Hall–Kier alpha value is -2.27. The normalized spacial score (nSPS) is 13.1. The van der Waals surface area contributed by atoms with Crippen LogP contribution in [0.2, 0.25) is 0 Å². The lowest BCUT2D eigenvalue weighted by molar-refractivity contribution is 0.340. The SMILES string of the molecule is CCOc1ccc(S(=O)(=O)NCC(c2cccs2)S(=O)(=O)c2ccc(F)cc2)cc1. The summed E-state index contributed by atoms with van der Waals surface area (Å²) < 4.78 is 72.6. The van der Waals surface area contributed by atoms with Crippen LogP contribution in [-0.2, 0) is 19.9 Å². The summed E-state index contributed by atoms with van der Waals surface area (Å²) in [6, 6.07) is 13.6. The van der Waals surface area contributed by atoms with Crippen LogP contribution in [0.3, 0.4) is 0 Å². The highest BCUT2D eigenvalue weighted by molar-refractivity contribution is 7.92. The Labute approximate surface area is 179 Å². The molecule has 0 aliphatic heterocycles. The van der Waals surface area contributed by atoms with E-state index in [1.54, 1.807) is 17.5 Å². The first-order chi connectivity index (χ1) is 14.2. The van der Waals surface area contributed by atoms with Gasteiger partial charge in [0.1, 0.15) is 16.8 Å². The van der Waals surface area contributed by atoms with Gasteiger partial charge in [-0.25, -0.2) is 25.9 Å². The number of thiophene rings is 1. The smallest absolute Gasteiger partial charge is 0.240 e. The topological polar surface area (TPSA) is 89.5 Å². The summed E-state index contributed by atoms with van der Waals surface area (Å²) in [6.45, 7) is 1.91. The molecule has 1 atom stereocenters. The van der Waals surface area contributed by atoms with Crippen molar-refractivity contribution in [2.24, 2.45) is 0 Å². The van der Waals surface area contributed by atoms with Crippen molar-refractivity contribution in [2.75, 3.05) is 13.2 Å². The molecule has 160 valence electrons. The molecule has 0 aliphatic rings. The maximum absolute atomic E-state index is 13.2. The number of sulfonamides is 1. The first-order valence-corrected chi connectivity index (χ1v) is 12.9. The Morgan fingerprint density at radius 2 is 1.60 bits per heavy atom. The highest BCUT2D eigenvalue weighted by Crippen LogP contribution is 2.32. The molecular formula is C20H20FNO5S3. The predicted octanol–water partition coefficient (Wildman–Crippen LogP) is 3.78. The largest absolute Gasteiger partial charge is 0.494 e. The Morgan fingerprint density at radius 3 is 2.17 bits per heavy atom. The van der Waals surface area contributed by atoms with Crippen molar-refractivity contribution in [2.45, 2.75) is 22.0 Å². The number of hydrogen-bond acceptors (Lipinski definition) is 6. The minimum atomic E-state index is -3.96. The summed E-state index contributed by atoms with van der Waals surface area (Å²) in [5.41, 5.74) is 0. The molecule has 2 aromatic carbocycles. The molecule has 1 unspecified atom stereocenters. The summed E-state index contributed by atoms with van der Waals surface area (Å²) in [5, 5.41) is 0.559. The molecular weight excluding hydrogens is 449 g/mol. The van der Waals surface area contributed by atoms with Gasteiger partial charge in [0.15, 0.2) is 9.84 Å². The zero-order valence-electron chi connectivity index (χ0n) is 16.0. The van der Waals surface area contributed by atoms with Crippen LogP contribution in [0, 0.1) is 5.82 Å². The van der Waals surface area contributed by atoms with E-state index in [0.29, 0.717) is 17.2 Å². The zero-order valence-corrected chi connectivity index (χ0v) is 18.4. The molecule has 3 aromatic rings. The second-order valence-corrected chi connectivity index (χ2v) is 11.1. The van der Waals surface area contributed by atoms with E-state index in [2.05, 4.69) is 4.72 Å². The number of ether oxygens (including phenoxy) is 1. The Morgan fingerprint density at radius 1 is 0.967 bits per heavy atom. The van der Waals surface area contributed by atoms with E-state index in [4.69, 9.17) is 4.74 Å². The van der Waals surface area contributed by atoms with Gasteiger partial charge in [-0.2, -0.15) is 0 Å². The van der Waals surface area contributed by atoms with Crippen LogP contribution in [0.4, 0.5) is 4.39 Å². The molecule has 30 heavy (non-hydrogen) atoms. The fraction of sp³-hybridized carbons (Fsp3) is 0.200. The predicted molar refractivity (Wildman–Crippen MR) is 113 cm³/mol. The van der Waals surface area contributed by atoms with Crippen molar-refractivity contribution in [1.82, 2.24) is 4.72 Å². The molecule has 6 nitrogen and oxygen atoms in total. The van der Waals surface area contributed by atoms with Gasteiger partial charge in [0, 0.05) is 11.4 Å². The number of nitrogens with one attached hydrogen (secondary N) is 1. The fourth-order valence-corrected chi connectivity index (χ4v) is 6.71. The third kappa shape index (κ3) is 5.07. The third-order valence-corrected chi connectivity index (χ3v) is 8.95. The Kier molecular flexibility index (Phi) is 6.91. The van der Waals surface area contributed by atoms with Gasteiger partial charge in [-0.3, -0.25) is 0 Å². The molecule has 1 aromatic heterocycles. The minimum Gasteiger partial charge on any atom is -0.494 e. The molecule has 0 spiro atoms. The third-order valence-electron chi connectivity index (χ3n) is 4.28. The first kappa shape index (κ1) is 22.4. The number of hydrogen-bond donors (Lipinski definition) is 1. The average Bonchev–Trinajstić information content (AvgIpc) is 3.23. The first-order valence-electron chi connectivity index (χ1n) is 8.99. The Balaban J connectivity index is 1.86. The lowest BCUT2D eigenvalue weighted by atomic mass is 10.3. The van der Waals surface area contributed by atoms with E-state index in [-0.39, 0.29) is 16.3 Å². The van der Waals surface area contributed by atoms with E-state index < -0.39 is 30.9 Å². The standard InChI is InChI=1S/C20H20FNO5S3/c1-2-27-16-7-11-18(12-8-16)30(25,26)22-14-20(19-4-3-13-28-19)29(23,24)17-9-5-15(21)6-10-17/h3-13,20,22H,2,14H2,1H3. The van der Waals surface area contributed by atoms with Crippen molar-refractivity contribution in [3.63, 3.8) is 0 Å². The van der Waals surface area contributed by atoms with Gasteiger partial charge in [0.05, 0.1) is 16.4 Å². The van der Waals surface area contributed by atoms with Crippen molar-refractivity contribution in [1.29, 1.82) is 0 Å². The maximum Gasteiger partial charge on any atom is 0.240 e. The quantitative estimate of drug-likeness (QED) is 0.482. The summed E-state index contributed by atoms with van der Waals surface area (Å²) in [6.07, 6.45) is 0. The van der Waals surface area contributed by atoms with Gasteiger partial charge in [-0.05, 0) is 66.9 Å². The monoisotopic (exact) mass is 469 g/mol. The van der Waals surface area contributed by atoms with Crippen LogP contribution >= 0.6 is 11.3 Å². The summed E-state index contributed by atoms with van der Waals surface area (Å²) >= 11 is 1.20. The molecule has 0 fully saturated rings. The number of halogens is 1. The summed E-state index contributed by atoms with van der Waals surface area (Å²) in [5.74, 6) is -0.0235. The fourth-order valence-electron chi connectivity index (χ4n) is 2.78. The number of sulfone groups is 1. The molecule has 0 amide bonds. The van der Waals surface area contributed by atoms with Gasteiger partial charge in [0.2, 0.25) is 10.0 Å². The van der Waals surface area contributed by atoms with Crippen LogP contribution in [-0.4, -0.2) is 30.0 Å². The number of rotatable bonds is 9. The molecule has 0 saturated carbocycles. The molecule has 3 rings (SSSR count). The van der Waals surface area contributed by atoms with E-state index >= 15 is 0 Å². The van der Waals surface area contributed by atoms with Crippen LogP contribution < -0.4 is 9.46 Å². The van der Waals surface area contributed by atoms with Crippen LogP contribution in [0.15, 0.2) is 75.8 Å². The Bertz CT molecular complexity index is 1170. The van der Waals surface area contributed by atoms with E-state index in [1.165, 1.54) is 47.7 Å². The van der Waals surface area contributed by atoms with Crippen LogP contribution in [0.1, 0.15) is 17.1 Å². The average molecular weight is 470 g/mol. The lowest BCUT2D eigenvalue weighted by Crippen LogP contribution is -2.31. The highest BCUT2D eigenvalue weighted by Gasteiger charge is 2.31.